The number of nitrogens with zero attached hydrogens (tertiary/aromatic N) is 4. The van der Waals surface area contributed by atoms with Gasteiger partial charge < -0.3 is 14.4 Å². The Hall–Kier alpha value is -2.54. The number of morpholine rings is 1. The van der Waals surface area contributed by atoms with Gasteiger partial charge in [-0.2, -0.15) is 4.98 Å². The summed E-state index contributed by atoms with van der Waals surface area (Å²) in [6.07, 6.45) is 2.65. The van der Waals surface area contributed by atoms with Gasteiger partial charge in [-0.25, -0.2) is 14.4 Å². The number of rotatable bonds is 5. The first-order valence-electron chi connectivity index (χ1n) is 7.36. The van der Waals surface area contributed by atoms with E-state index in [-0.39, 0.29) is 11.8 Å². The average molecular weight is 316 g/mol. The minimum absolute atomic E-state index is 0.0328. The zero-order valence-corrected chi connectivity index (χ0v) is 12.6. The summed E-state index contributed by atoms with van der Waals surface area (Å²) in [7, 11) is 0. The van der Waals surface area contributed by atoms with Gasteiger partial charge in [0.1, 0.15) is 6.61 Å². The van der Waals surface area contributed by atoms with E-state index in [0.29, 0.717) is 19.8 Å². The molecule has 2 aromatic rings. The third-order valence-corrected chi connectivity index (χ3v) is 3.30. The molecule has 0 atom stereocenters. The lowest BCUT2D eigenvalue weighted by molar-refractivity contribution is 0.0701. The largest absolute Gasteiger partial charge is 0.459 e. The van der Waals surface area contributed by atoms with E-state index in [4.69, 9.17) is 9.47 Å². The van der Waals surface area contributed by atoms with Crippen molar-refractivity contribution >= 4 is 12.2 Å². The fraction of sp³-hybridized carbons (Fsp3) is 0.312. The summed E-state index contributed by atoms with van der Waals surface area (Å²) < 4.78 is 24.5. The van der Waals surface area contributed by atoms with Gasteiger partial charge in [-0.3, -0.25) is 0 Å². The van der Waals surface area contributed by atoms with E-state index in [9.17, 15) is 4.39 Å². The van der Waals surface area contributed by atoms with Crippen molar-refractivity contribution in [2.45, 2.75) is 6.61 Å². The molecule has 2 heterocycles. The molecule has 0 bridgehead atoms. The SMILES string of the molecule is Fc1cnc(OCc2ccccc2)nc1N=CN1CCOCC1. The van der Waals surface area contributed by atoms with E-state index in [2.05, 4.69) is 15.0 Å². The predicted octanol–water partition coefficient (Wildman–Crippen LogP) is 2.19. The van der Waals surface area contributed by atoms with Crippen LogP contribution in [0.15, 0.2) is 41.5 Å². The van der Waals surface area contributed by atoms with Crippen molar-refractivity contribution in [1.29, 1.82) is 0 Å². The number of hydrogen-bond donors (Lipinski definition) is 0. The smallest absolute Gasteiger partial charge is 0.318 e. The summed E-state index contributed by atoms with van der Waals surface area (Å²) in [5, 5.41) is 0. The average Bonchev–Trinajstić information content (AvgIpc) is 2.62. The molecule has 3 rings (SSSR count). The van der Waals surface area contributed by atoms with Crippen LogP contribution in [0.25, 0.3) is 0 Å². The first-order valence-corrected chi connectivity index (χ1v) is 7.36. The molecule has 7 heteroatoms. The minimum Gasteiger partial charge on any atom is -0.459 e. The van der Waals surface area contributed by atoms with E-state index in [1.54, 1.807) is 6.34 Å². The highest BCUT2D eigenvalue weighted by atomic mass is 19.1. The summed E-state index contributed by atoms with van der Waals surface area (Å²) >= 11 is 0. The summed E-state index contributed by atoms with van der Waals surface area (Å²) in [5.74, 6) is -0.615. The van der Waals surface area contributed by atoms with Crippen LogP contribution in [0, 0.1) is 5.82 Å². The highest BCUT2D eigenvalue weighted by molar-refractivity contribution is 5.60. The maximum atomic E-state index is 13.7. The topological polar surface area (TPSA) is 59.8 Å². The van der Waals surface area contributed by atoms with Crippen LogP contribution in [0.3, 0.4) is 0 Å². The molecule has 1 saturated heterocycles. The number of benzene rings is 1. The Morgan fingerprint density at radius 2 is 2.04 bits per heavy atom. The van der Waals surface area contributed by atoms with Gasteiger partial charge in [0.15, 0.2) is 11.6 Å². The van der Waals surface area contributed by atoms with Gasteiger partial charge in [0, 0.05) is 13.1 Å². The highest BCUT2D eigenvalue weighted by Crippen LogP contribution is 2.17. The summed E-state index contributed by atoms with van der Waals surface area (Å²) in [5.41, 5.74) is 0.985. The highest BCUT2D eigenvalue weighted by Gasteiger charge is 2.09. The van der Waals surface area contributed by atoms with Crippen LogP contribution < -0.4 is 4.74 Å². The third kappa shape index (κ3) is 4.46. The van der Waals surface area contributed by atoms with Crippen molar-refractivity contribution in [1.82, 2.24) is 14.9 Å². The molecule has 0 spiro atoms. The normalized spacial score (nSPS) is 15.1. The second-order valence-corrected chi connectivity index (χ2v) is 4.99. The van der Waals surface area contributed by atoms with E-state index >= 15 is 0 Å². The molecular weight excluding hydrogens is 299 g/mol. The Labute approximate surface area is 133 Å². The van der Waals surface area contributed by atoms with Crippen molar-refractivity contribution in [3.8, 4) is 6.01 Å². The molecule has 0 saturated carbocycles. The molecule has 1 aliphatic rings. The van der Waals surface area contributed by atoms with Crippen molar-refractivity contribution in [3.05, 3.63) is 47.9 Å². The van der Waals surface area contributed by atoms with Gasteiger partial charge in [-0.15, -0.1) is 0 Å². The second kappa shape index (κ2) is 7.64. The lowest BCUT2D eigenvalue weighted by atomic mass is 10.2. The Kier molecular flexibility index (Phi) is 5.10. The first kappa shape index (κ1) is 15.4. The van der Waals surface area contributed by atoms with Gasteiger partial charge in [-0.1, -0.05) is 30.3 Å². The third-order valence-electron chi connectivity index (χ3n) is 3.30. The number of ether oxygens (including phenoxy) is 2. The molecule has 0 N–H and O–H groups in total. The van der Waals surface area contributed by atoms with Gasteiger partial charge in [0.25, 0.3) is 0 Å². The van der Waals surface area contributed by atoms with Crippen LogP contribution in [-0.4, -0.2) is 47.5 Å². The summed E-state index contributed by atoms with van der Waals surface area (Å²) in [6.45, 7) is 3.06. The molecule has 0 radical (unpaired) electrons. The molecule has 120 valence electrons. The van der Waals surface area contributed by atoms with Crippen molar-refractivity contribution in [2.75, 3.05) is 26.3 Å². The molecule has 1 aromatic carbocycles. The van der Waals surface area contributed by atoms with Gasteiger partial charge in [0.05, 0.1) is 25.7 Å². The Morgan fingerprint density at radius 1 is 1.26 bits per heavy atom. The molecule has 0 aliphatic carbocycles. The fourth-order valence-electron chi connectivity index (χ4n) is 2.05. The number of halogens is 1. The van der Waals surface area contributed by atoms with E-state index < -0.39 is 5.82 Å². The van der Waals surface area contributed by atoms with Crippen molar-refractivity contribution in [2.24, 2.45) is 4.99 Å². The summed E-state index contributed by atoms with van der Waals surface area (Å²) in [4.78, 5) is 13.9. The predicted molar refractivity (Wildman–Crippen MR) is 83.3 cm³/mol. The fourth-order valence-corrected chi connectivity index (χ4v) is 2.05. The molecular formula is C16H17FN4O2. The number of aliphatic imine (C=N–C) groups is 1. The van der Waals surface area contributed by atoms with Crippen molar-refractivity contribution < 1.29 is 13.9 Å². The van der Waals surface area contributed by atoms with Crippen molar-refractivity contribution in [3.63, 3.8) is 0 Å². The van der Waals surface area contributed by atoms with Gasteiger partial charge in [0.2, 0.25) is 0 Å². The molecule has 0 amide bonds. The van der Waals surface area contributed by atoms with Crippen LogP contribution in [-0.2, 0) is 11.3 Å². The van der Waals surface area contributed by atoms with Crippen LogP contribution >= 0.6 is 0 Å². The number of hydrogen-bond acceptors (Lipinski definition) is 5. The molecule has 23 heavy (non-hydrogen) atoms. The standard InChI is InChI=1S/C16H17FN4O2/c17-14-10-18-16(23-11-13-4-2-1-3-5-13)20-15(14)19-12-21-6-8-22-9-7-21/h1-5,10,12H,6-9,11H2. The quantitative estimate of drug-likeness (QED) is 0.625. The monoisotopic (exact) mass is 316 g/mol. The van der Waals surface area contributed by atoms with Crippen LogP contribution in [0.2, 0.25) is 0 Å². The molecule has 1 fully saturated rings. The molecule has 0 unspecified atom stereocenters. The summed E-state index contributed by atoms with van der Waals surface area (Å²) in [6, 6.07) is 9.73. The second-order valence-electron chi connectivity index (χ2n) is 4.99. The maximum absolute atomic E-state index is 13.7. The van der Waals surface area contributed by atoms with Crippen LogP contribution in [0.5, 0.6) is 6.01 Å². The zero-order valence-electron chi connectivity index (χ0n) is 12.6. The Morgan fingerprint density at radius 3 is 2.83 bits per heavy atom. The van der Waals surface area contributed by atoms with Crippen LogP contribution in [0.4, 0.5) is 10.2 Å². The molecule has 6 nitrogen and oxygen atoms in total. The lowest BCUT2D eigenvalue weighted by Gasteiger charge is -2.23. The molecule has 1 aromatic heterocycles. The lowest BCUT2D eigenvalue weighted by Crippen LogP contribution is -2.35. The Bertz CT molecular complexity index is 660. The van der Waals surface area contributed by atoms with Gasteiger partial charge >= 0.3 is 6.01 Å². The zero-order chi connectivity index (χ0) is 15.9. The van der Waals surface area contributed by atoms with Gasteiger partial charge in [-0.05, 0) is 5.56 Å². The minimum atomic E-state index is -0.582. The van der Waals surface area contributed by atoms with E-state index in [1.807, 2.05) is 35.2 Å². The Balaban J connectivity index is 1.65. The first-order chi connectivity index (χ1) is 11.3. The number of aromatic nitrogens is 2. The van der Waals surface area contributed by atoms with Crippen LogP contribution in [0.1, 0.15) is 5.56 Å². The molecule has 1 aliphatic heterocycles. The van der Waals surface area contributed by atoms with E-state index in [0.717, 1.165) is 24.8 Å². The maximum Gasteiger partial charge on any atom is 0.318 e. The van der Waals surface area contributed by atoms with E-state index in [1.165, 1.54) is 0 Å².